The van der Waals surface area contributed by atoms with Crippen molar-refractivity contribution in [1.82, 2.24) is 19.2 Å². The van der Waals surface area contributed by atoms with Crippen molar-refractivity contribution in [2.45, 2.75) is 6.54 Å². The van der Waals surface area contributed by atoms with Crippen molar-refractivity contribution in [3.8, 4) is 5.69 Å². The minimum absolute atomic E-state index is 0.171. The van der Waals surface area contributed by atoms with E-state index in [1.807, 2.05) is 36.4 Å². The van der Waals surface area contributed by atoms with Gasteiger partial charge < -0.3 is 5.32 Å². The molecule has 130 valence electrons. The van der Waals surface area contributed by atoms with E-state index in [9.17, 15) is 9.59 Å². The first-order valence-corrected chi connectivity index (χ1v) is 9.25. The Morgan fingerprint density at radius 1 is 1.16 bits per heavy atom. The van der Waals surface area contributed by atoms with Crippen LogP contribution in [0.3, 0.4) is 0 Å². The first-order valence-electron chi connectivity index (χ1n) is 7.65. The van der Waals surface area contributed by atoms with E-state index in [-0.39, 0.29) is 11.7 Å². The van der Waals surface area contributed by atoms with Gasteiger partial charge >= 0.3 is 11.7 Å². The molecule has 2 N–H and O–H groups in total. The monoisotopic (exact) mass is 376 g/mol. The van der Waals surface area contributed by atoms with Crippen LogP contribution in [0.15, 0.2) is 53.3 Å². The summed E-state index contributed by atoms with van der Waals surface area (Å²) in [5.41, 5.74) is 2.10. The van der Waals surface area contributed by atoms with E-state index in [1.54, 1.807) is 27.5 Å². The molecule has 3 rings (SSSR count). The number of nitrogens with one attached hydrogen (secondary N) is 2. The molecule has 0 bridgehead atoms. The quantitative estimate of drug-likeness (QED) is 0.672. The van der Waals surface area contributed by atoms with E-state index in [2.05, 4.69) is 10.0 Å². The summed E-state index contributed by atoms with van der Waals surface area (Å²) in [6.45, 7) is 0.696. The predicted molar refractivity (Wildman–Crippen MR) is 103 cm³/mol. The zero-order chi connectivity index (χ0) is 17.8. The second kappa shape index (κ2) is 7.67. The Bertz CT molecular complexity index is 952. The molecule has 1 aromatic heterocycles. The minimum atomic E-state index is -0.282. The minimum Gasteiger partial charge on any atom is -0.336 e. The molecule has 0 unspecified atom stereocenters. The normalized spacial score (nSPS) is 10.8. The number of carbonyl (C=O) groups is 1. The molecule has 0 saturated heterocycles. The van der Waals surface area contributed by atoms with E-state index < -0.39 is 0 Å². The molecule has 0 saturated carbocycles. The van der Waals surface area contributed by atoms with Gasteiger partial charge in [0.1, 0.15) is 0 Å². The smallest absolute Gasteiger partial charge is 0.333 e. The van der Waals surface area contributed by atoms with Crippen molar-refractivity contribution >= 4 is 40.6 Å². The Kier molecular flexibility index (Phi) is 5.35. The van der Waals surface area contributed by atoms with Crippen LogP contribution in [0, 0.1) is 0 Å². The van der Waals surface area contributed by atoms with E-state index in [4.69, 9.17) is 11.6 Å². The molecule has 0 radical (unpaired) electrons. The fourth-order valence-electron chi connectivity index (χ4n) is 2.68. The van der Waals surface area contributed by atoms with Gasteiger partial charge in [-0.3, -0.25) is 13.9 Å². The van der Waals surface area contributed by atoms with Gasteiger partial charge in [0.2, 0.25) is 0 Å². The number of amides is 2. The van der Waals surface area contributed by atoms with Gasteiger partial charge in [-0.15, -0.1) is 0 Å². The highest BCUT2D eigenvalue weighted by Crippen LogP contribution is 2.21. The van der Waals surface area contributed by atoms with Crippen molar-refractivity contribution in [2.24, 2.45) is 0 Å². The van der Waals surface area contributed by atoms with Gasteiger partial charge in [0.05, 0.1) is 16.7 Å². The highest BCUT2D eigenvalue weighted by Gasteiger charge is 2.15. The average molecular weight is 377 g/mol. The molecular weight excluding hydrogens is 360 g/mol. The fraction of sp³-hybridized carbons (Fsp3) is 0.176. The molecule has 1 heterocycles. The van der Waals surface area contributed by atoms with E-state index in [1.165, 1.54) is 11.9 Å². The van der Waals surface area contributed by atoms with Gasteiger partial charge in [-0.25, -0.2) is 9.59 Å². The Balaban J connectivity index is 2.00. The number of aromatic nitrogens is 2. The van der Waals surface area contributed by atoms with Crippen LogP contribution in [0.2, 0.25) is 5.02 Å². The summed E-state index contributed by atoms with van der Waals surface area (Å²) in [4.78, 5) is 24.5. The Hall–Kier alpha value is -2.38. The summed E-state index contributed by atoms with van der Waals surface area (Å²) in [5, 5.41) is 3.28. The summed E-state index contributed by atoms with van der Waals surface area (Å²) in [6.07, 6.45) is 1.77. The summed E-state index contributed by atoms with van der Waals surface area (Å²) in [5.74, 6) is 0. The third-order valence-electron chi connectivity index (χ3n) is 3.72. The van der Waals surface area contributed by atoms with Crippen LogP contribution in [0.1, 0.15) is 0 Å². The number of rotatable bonds is 5. The molecule has 2 aromatic carbocycles. The molecular formula is C17H17ClN4O2S. The number of benzene rings is 2. The van der Waals surface area contributed by atoms with Gasteiger partial charge in [0.15, 0.2) is 0 Å². The van der Waals surface area contributed by atoms with Crippen LogP contribution in [-0.4, -0.2) is 28.0 Å². The lowest BCUT2D eigenvalue weighted by atomic mass is 10.3. The first kappa shape index (κ1) is 17.4. The van der Waals surface area contributed by atoms with Gasteiger partial charge in [0, 0.05) is 24.4 Å². The molecule has 8 heteroatoms. The van der Waals surface area contributed by atoms with Crippen LogP contribution in [-0.2, 0) is 6.54 Å². The highest BCUT2D eigenvalue weighted by molar-refractivity contribution is 7.97. The van der Waals surface area contributed by atoms with Crippen molar-refractivity contribution < 1.29 is 4.79 Å². The second-order valence-electron chi connectivity index (χ2n) is 5.30. The maximum atomic E-state index is 13.0. The average Bonchev–Trinajstić information content (AvgIpc) is 2.87. The molecule has 6 nitrogen and oxygen atoms in total. The molecule has 0 aliphatic heterocycles. The van der Waals surface area contributed by atoms with Gasteiger partial charge in [-0.1, -0.05) is 41.7 Å². The Labute approximate surface area is 153 Å². The molecule has 25 heavy (non-hydrogen) atoms. The Morgan fingerprint density at radius 3 is 2.64 bits per heavy atom. The van der Waals surface area contributed by atoms with E-state index in [0.717, 1.165) is 16.7 Å². The number of urea groups is 1. The predicted octanol–water partition coefficient (Wildman–Crippen LogP) is 3.02. The van der Waals surface area contributed by atoms with E-state index in [0.29, 0.717) is 18.1 Å². The number of nitrogens with zero attached hydrogens (tertiary/aromatic N) is 2. The van der Waals surface area contributed by atoms with Crippen molar-refractivity contribution in [1.29, 1.82) is 0 Å². The lowest BCUT2D eigenvalue weighted by molar-refractivity contribution is 0.246. The lowest BCUT2D eigenvalue weighted by Gasteiger charge is -2.06. The molecule has 0 spiro atoms. The standard InChI is InChI=1S/C17H17ClN4O2S/c1-25-20-16(23)19-9-10-21-14-8-7-12(18)11-15(14)22(17(21)24)13-5-3-2-4-6-13/h2-8,11H,9-10H2,1H3,(H2,19,20,23). The maximum absolute atomic E-state index is 13.0. The number of fused-ring (bicyclic) bond motifs is 1. The molecule has 0 atom stereocenters. The highest BCUT2D eigenvalue weighted by atomic mass is 35.5. The molecule has 0 fully saturated rings. The van der Waals surface area contributed by atoms with Crippen LogP contribution in [0.4, 0.5) is 4.79 Å². The lowest BCUT2D eigenvalue weighted by Crippen LogP contribution is -2.35. The van der Waals surface area contributed by atoms with E-state index >= 15 is 0 Å². The topological polar surface area (TPSA) is 68.1 Å². The van der Waals surface area contributed by atoms with Gasteiger partial charge in [0.25, 0.3) is 0 Å². The second-order valence-corrected chi connectivity index (χ2v) is 6.35. The van der Waals surface area contributed by atoms with Crippen LogP contribution >= 0.6 is 23.5 Å². The summed E-state index contributed by atoms with van der Waals surface area (Å²) in [7, 11) is 0. The van der Waals surface area contributed by atoms with Gasteiger partial charge in [-0.2, -0.15) is 0 Å². The third kappa shape index (κ3) is 3.67. The first-order chi connectivity index (χ1) is 12.1. The number of imidazole rings is 1. The molecule has 2 amide bonds. The molecule has 0 aliphatic carbocycles. The van der Waals surface area contributed by atoms with Gasteiger partial charge in [-0.05, 0) is 30.3 Å². The SMILES string of the molecule is CSNC(=O)NCCn1c(=O)n(-c2ccccc2)c2cc(Cl)ccc21. The fourth-order valence-corrected chi connectivity index (χ4v) is 3.11. The number of hydrogen-bond donors (Lipinski definition) is 2. The zero-order valence-electron chi connectivity index (χ0n) is 13.5. The number of para-hydroxylation sites is 1. The van der Waals surface area contributed by atoms with Crippen molar-refractivity contribution in [3.63, 3.8) is 0 Å². The maximum Gasteiger partial charge on any atom is 0.333 e. The summed E-state index contributed by atoms with van der Waals surface area (Å²) in [6, 6.07) is 14.5. The van der Waals surface area contributed by atoms with Crippen LogP contribution < -0.4 is 15.7 Å². The number of halogens is 1. The van der Waals surface area contributed by atoms with Crippen LogP contribution in [0.5, 0.6) is 0 Å². The summed E-state index contributed by atoms with van der Waals surface area (Å²) >= 11 is 7.34. The largest absolute Gasteiger partial charge is 0.336 e. The summed E-state index contributed by atoms with van der Waals surface area (Å²) < 4.78 is 5.84. The van der Waals surface area contributed by atoms with Crippen LogP contribution in [0.25, 0.3) is 16.7 Å². The molecule has 0 aliphatic rings. The van der Waals surface area contributed by atoms with Crippen molar-refractivity contribution in [2.75, 3.05) is 12.8 Å². The third-order valence-corrected chi connectivity index (χ3v) is 4.35. The zero-order valence-corrected chi connectivity index (χ0v) is 15.1. The van der Waals surface area contributed by atoms with Crippen molar-refractivity contribution in [3.05, 3.63) is 64.0 Å². The molecule has 3 aromatic rings. The Morgan fingerprint density at radius 2 is 1.92 bits per heavy atom. The number of carbonyl (C=O) groups excluding carboxylic acids is 1. The number of hydrogen-bond acceptors (Lipinski definition) is 3.